The van der Waals surface area contributed by atoms with E-state index in [4.69, 9.17) is 4.74 Å². The number of benzene rings is 2. The number of fused-ring (bicyclic) bond motifs is 3. The van der Waals surface area contributed by atoms with Crippen LogP contribution in [0.4, 0.5) is 0 Å². The Hall–Kier alpha value is -2.09. The number of hydrogen-bond donors (Lipinski definition) is 0. The Labute approximate surface area is 113 Å². The molecule has 3 aromatic rings. The first-order valence-corrected chi connectivity index (χ1v) is 6.79. The molecule has 2 heteroatoms. The zero-order valence-corrected chi connectivity index (χ0v) is 11.1. The maximum absolute atomic E-state index is 5.93. The van der Waals surface area contributed by atoms with E-state index in [9.17, 15) is 0 Å². The molecule has 0 unspecified atom stereocenters. The summed E-state index contributed by atoms with van der Waals surface area (Å²) in [5.41, 5.74) is 1.02. The maximum Gasteiger partial charge on any atom is 0.129 e. The lowest BCUT2D eigenvalue weighted by Crippen LogP contribution is -1.97. The zero-order chi connectivity index (χ0) is 13.1. The van der Waals surface area contributed by atoms with E-state index in [2.05, 4.69) is 36.2 Å². The molecule has 0 aliphatic carbocycles. The summed E-state index contributed by atoms with van der Waals surface area (Å²) in [7, 11) is 0. The molecule has 0 aliphatic heterocycles. The second-order valence-corrected chi connectivity index (χ2v) is 4.70. The average molecular weight is 251 g/mol. The summed E-state index contributed by atoms with van der Waals surface area (Å²) in [5.74, 6) is 0.940. The van der Waals surface area contributed by atoms with Crippen LogP contribution in [0.2, 0.25) is 0 Å². The van der Waals surface area contributed by atoms with E-state index in [1.54, 1.807) is 0 Å². The predicted molar refractivity (Wildman–Crippen MR) is 79.7 cm³/mol. The molecule has 0 fully saturated rings. The van der Waals surface area contributed by atoms with Gasteiger partial charge in [0.25, 0.3) is 0 Å². The van der Waals surface area contributed by atoms with E-state index in [0.717, 1.165) is 41.5 Å². The molecule has 3 rings (SSSR count). The van der Waals surface area contributed by atoms with Crippen LogP contribution >= 0.6 is 0 Å². The molecule has 1 aromatic heterocycles. The van der Waals surface area contributed by atoms with Gasteiger partial charge in [0.15, 0.2) is 0 Å². The number of nitrogens with zero attached hydrogens (tertiary/aromatic N) is 1. The van der Waals surface area contributed by atoms with Crippen molar-refractivity contribution in [3.05, 3.63) is 48.7 Å². The first kappa shape index (κ1) is 12.0. The first-order valence-electron chi connectivity index (χ1n) is 6.79. The highest BCUT2D eigenvalue weighted by atomic mass is 16.5. The van der Waals surface area contributed by atoms with Crippen LogP contribution in [0, 0.1) is 0 Å². The molecular weight excluding hydrogens is 234 g/mol. The van der Waals surface area contributed by atoms with Crippen molar-refractivity contribution < 1.29 is 4.74 Å². The third-order valence-corrected chi connectivity index (χ3v) is 3.33. The maximum atomic E-state index is 5.93. The molecule has 1 heterocycles. The molecule has 0 radical (unpaired) electrons. The fourth-order valence-electron chi connectivity index (χ4n) is 2.33. The minimum absolute atomic E-state index is 0.763. The molecule has 2 aromatic carbocycles. The van der Waals surface area contributed by atoms with Gasteiger partial charge in [-0.1, -0.05) is 43.7 Å². The van der Waals surface area contributed by atoms with Gasteiger partial charge in [-0.2, -0.15) is 0 Å². The van der Waals surface area contributed by atoms with Gasteiger partial charge < -0.3 is 4.74 Å². The second-order valence-electron chi connectivity index (χ2n) is 4.70. The van der Waals surface area contributed by atoms with Crippen LogP contribution in [-0.4, -0.2) is 11.6 Å². The van der Waals surface area contributed by atoms with Crippen molar-refractivity contribution in [2.45, 2.75) is 19.8 Å². The van der Waals surface area contributed by atoms with Crippen molar-refractivity contribution in [2.24, 2.45) is 0 Å². The normalized spacial score (nSPS) is 11.0. The van der Waals surface area contributed by atoms with Crippen molar-refractivity contribution in [2.75, 3.05) is 6.61 Å². The Kier molecular flexibility index (Phi) is 3.32. The number of unbranched alkanes of at least 4 members (excludes halogenated alkanes) is 1. The predicted octanol–water partition coefficient (Wildman–Crippen LogP) is 4.57. The lowest BCUT2D eigenvalue weighted by Gasteiger charge is -2.10. The highest BCUT2D eigenvalue weighted by molar-refractivity contribution is 6.08. The quantitative estimate of drug-likeness (QED) is 0.500. The lowest BCUT2D eigenvalue weighted by atomic mass is 10.1. The molecule has 19 heavy (non-hydrogen) atoms. The van der Waals surface area contributed by atoms with Crippen molar-refractivity contribution in [1.82, 2.24) is 4.98 Å². The number of rotatable bonds is 4. The summed E-state index contributed by atoms with van der Waals surface area (Å²) in [6.45, 7) is 2.93. The van der Waals surface area contributed by atoms with E-state index in [-0.39, 0.29) is 0 Å². The number of pyridine rings is 1. The minimum Gasteiger partial charge on any atom is -0.493 e. The molecule has 0 atom stereocenters. The van der Waals surface area contributed by atoms with E-state index in [1.165, 1.54) is 5.39 Å². The van der Waals surface area contributed by atoms with Crippen LogP contribution in [0.3, 0.4) is 0 Å². The Balaban J connectivity index is 2.18. The summed E-state index contributed by atoms with van der Waals surface area (Å²) in [5, 5.41) is 3.46. The highest BCUT2D eigenvalue weighted by Crippen LogP contribution is 2.31. The van der Waals surface area contributed by atoms with Crippen LogP contribution in [0.25, 0.3) is 21.7 Å². The number of hydrogen-bond acceptors (Lipinski definition) is 2. The highest BCUT2D eigenvalue weighted by Gasteiger charge is 2.07. The van der Waals surface area contributed by atoms with Crippen molar-refractivity contribution >= 4 is 21.7 Å². The largest absolute Gasteiger partial charge is 0.493 e. The molecule has 2 nitrogen and oxygen atoms in total. The van der Waals surface area contributed by atoms with Gasteiger partial charge >= 0.3 is 0 Å². The first-order chi connectivity index (χ1) is 9.40. The van der Waals surface area contributed by atoms with E-state index in [1.807, 2.05) is 24.4 Å². The summed E-state index contributed by atoms with van der Waals surface area (Å²) in [6, 6.07) is 14.5. The standard InChI is InChI=1S/C17H17NO/c1-2-3-12-19-15-8-4-6-13-9-10-14-7-5-11-18-17(14)16(13)15/h4-11H,2-3,12H2,1H3. The fourth-order valence-corrected chi connectivity index (χ4v) is 2.33. The molecule has 0 bridgehead atoms. The van der Waals surface area contributed by atoms with Gasteiger partial charge in [0.05, 0.1) is 17.5 Å². The van der Waals surface area contributed by atoms with Crippen molar-refractivity contribution in [3.8, 4) is 5.75 Å². The number of ether oxygens (including phenoxy) is 1. The lowest BCUT2D eigenvalue weighted by molar-refractivity contribution is 0.313. The van der Waals surface area contributed by atoms with Crippen LogP contribution in [0.15, 0.2) is 48.7 Å². The molecule has 0 aliphatic rings. The summed E-state index contributed by atoms with van der Waals surface area (Å²) < 4.78 is 5.93. The molecular formula is C17H17NO. The van der Waals surface area contributed by atoms with Crippen molar-refractivity contribution in [3.63, 3.8) is 0 Å². The van der Waals surface area contributed by atoms with Gasteiger partial charge in [-0.25, -0.2) is 0 Å². The third kappa shape index (κ3) is 2.26. The van der Waals surface area contributed by atoms with Gasteiger partial charge in [-0.05, 0) is 23.9 Å². The third-order valence-electron chi connectivity index (χ3n) is 3.33. The SMILES string of the molecule is CCCCOc1cccc2ccc3cccnc3c12. The Morgan fingerprint density at radius 3 is 2.74 bits per heavy atom. The van der Waals surface area contributed by atoms with Crippen LogP contribution in [0.1, 0.15) is 19.8 Å². The summed E-state index contributed by atoms with van der Waals surface area (Å²) in [4.78, 5) is 4.52. The molecule has 0 spiro atoms. The van der Waals surface area contributed by atoms with E-state index >= 15 is 0 Å². The van der Waals surface area contributed by atoms with E-state index in [0.29, 0.717) is 0 Å². The summed E-state index contributed by atoms with van der Waals surface area (Å²) in [6.07, 6.45) is 4.06. The minimum atomic E-state index is 0.763. The molecule has 0 saturated carbocycles. The fraction of sp³-hybridized carbons (Fsp3) is 0.235. The van der Waals surface area contributed by atoms with Gasteiger partial charge in [-0.15, -0.1) is 0 Å². The average Bonchev–Trinajstić information content (AvgIpc) is 2.47. The Morgan fingerprint density at radius 1 is 1.00 bits per heavy atom. The molecule has 0 N–H and O–H groups in total. The molecule has 96 valence electrons. The van der Waals surface area contributed by atoms with Crippen molar-refractivity contribution in [1.29, 1.82) is 0 Å². The Morgan fingerprint density at radius 2 is 1.84 bits per heavy atom. The van der Waals surface area contributed by atoms with Crippen LogP contribution in [-0.2, 0) is 0 Å². The van der Waals surface area contributed by atoms with Gasteiger partial charge in [0.2, 0.25) is 0 Å². The van der Waals surface area contributed by atoms with Gasteiger partial charge in [0, 0.05) is 11.6 Å². The molecule has 0 saturated heterocycles. The number of aromatic nitrogens is 1. The summed E-state index contributed by atoms with van der Waals surface area (Å²) >= 11 is 0. The van der Waals surface area contributed by atoms with Gasteiger partial charge in [-0.3, -0.25) is 4.98 Å². The second kappa shape index (κ2) is 5.27. The van der Waals surface area contributed by atoms with Crippen LogP contribution in [0.5, 0.6) is 5.75 Å². The van der Waals surface area contributed by atoms with Crippen LogP contribution < -0.4 is 4.74 Å². The smallest absolute Gasteiger partial charge is 0.129 e. The van der Waals surface area contributed by atoms with E-state index < -0.39 is 0 Å². The topological polar surface area (TPSA) is 22.1 Å². The Bertz CT molecular complexity index is 706. The zero-order valence-electron chi connectivity index (χ0n) is 11.1. The monoisotopic (exact) mass is 251 g/mol. The van der Waals surface area contributed by atoms with Gasteiger partial charge in [0.1, 0.15) is 5.75 Å². The molecule has 0 amide bonds.